The van der Waals surface area contributed by atoms with Gasteiger partial charge in [-0.25, -0.2) is 0 Å². The Morgan fingerprint density at radius 1 is 1.50 bits per heavy atom. The van der Waals surface area contributed by atoms with Crippen molar-refractivity contribution in [3.05, 3.63) is 28.2 Å². The van der Waals surface area contributed by atoms with Crippen molar-refractivity contribution in [3.63, 3.8) is 0 Å². The molecule has 0 radical (unpaired) electrons. The van der Waals surface area contributed by atoms with Crippen LogP contribution < -0.4 is 5.73 Å². The van der Waals surface area contributed by atoms with Crippen LogP contribution in [0.3, 0.4) is 0 Å². The van der Waals surface area contributed by atoms with Crippen molar-refractivity contribution >= 4 is 33.4 Å². The highest BCUT2D eigenvalue weighted by Gasteiger charge is 2.02. The molecule has 14 heavy (non-hydrogen) atoms. The zero-order chi connectivity index (χ0) is 10.4. The monoisotopic (exact) mass is 275 g/mol. The van der Waals surface area contributed by atoms with Gasteiger partial charge in [-0.1, -0.05) is 12.1 Å². The van der Waals surface area contributed by atoms with Crippen LogP contribution in [-0.2, 0) is 10.5 Å². The summed E-state index contributed by atoms with van der Waals surface area (Å²) >= 11 is 5.32. The minimum absolute atomic E-state index is 0.796. The number of hydrogen-bond donors (Lipinski definition) is 1. The van der Waals surface area contributed by atoms with Crippen molar-refractivity contribution in [2.45, 2.75) is 5.75 Å². The maximum atomic E-state index is 5.77. The summed E-state index contributed by atoms with van der Waals surface area (Å²) in [6.07, 6.45) is 0. The van der Waals surface area contributed by atoms with Crippen molar-refractivity contribution in [2.24, 2.45) is 0 Å². The zero-order valence-electron chi connectivity index (χ0n) is 8.13. The Hall–Kier alpha value is -0.190. The lowest BCUT2D eigenvalue weighted by molar-refractivity contribution is 0.218. The number of anilines is 1. The third-order valence-electron chi connectivity index (χ3n) is 1.80. The van der Waals surface area contributed by atoms with E-state index in [-0.39, 0.29) is 0 Å². The van der Waals surface area contributed by atoms with E-state index in [0.717, 1.165) is 28.3 Å². The molecule has 4 heteroatoms. The molecule has 0 aliphatic rings. The van der Waals surface area contributed by atoms with Crippen LogP contribution in [0.2, 0.25) is 0 Å². The van der Waals surface area contributed by atoms with E-state index in [1.807, 2.05) is 23.9 Å². The molecule has 2 N–H and O–H groups in total. The maximum Gasteiger partial charge on any atom is 0.0553 e. The second-order valence-corrected chi connectivity index (χ2v) is 4.76. The van der Waals surface area contributed by atoms with Crippen LogP contribution in [0.1, 0.15) is 5.56 Å². The minimum atomic E-state index is 0.796. The highest BCUT2D eigenvalue weighted by Crippen LogP contribution is 2.26. The van der Waals surface area contributed by atoms with E-state index in [9.17, 15) is 0 Å². The lowest BCUT2D eigenvalue weighted by Gasteiger charge is -2.06. The van der Waals surface area contributed by atoms with E-state index in [2.05, 4.69) is 22.0 Å². The molecule has 0 amide bonds. The number of rotatable bonds is 5. The first-order valence-electron chi connectivity index (χ1n) is 4.35. The quantitative estimate of drug-likeness (QED) is 0.663. The van der Waals surface area contributed by atoms with E-state index in [1.165, 1.54) is 5.56 Å². The molecule has 0 aliphatic carbocycles. The van der Waals surface area contributed by atoms with Gasteiger partial charge >= 0.3 is 0 Å². The second-order valence-electron chi connectivity index (χ2n) is 2.87. The van der Waals surface area contributed by atoms with E-state index in [0.29, 0.717) is 0 Å². The molecule has 1 aromatic rings. The number of ether oxygens (including phenoxy) is 1. The van der Waals surface area contributed by atoms with Gasteiger partial charge in [-0.2, -0.15) is 11.8 Å². The number of nitrogen functional groups attached to an aromatic ring is 1. The minimum Gasteiger partial charge on any atom is -0.398 e. The van der Waals surface area contributed by atoms with Crippen LogP contribution in [-0.4, -0.2) is 19.5 Å². The second kappa shape index (κ2) is 6.32. The van der Waals surface area contributed by atoms with E-state index in [4.69, 9.17) is 10.5 Å². The number of benzene rings is 1. The van der Waals surface area contributed by atoms with Gasteiger partial charge in [-0.05, 0) is 27.6 Å². The van der Waals surface area contributed by atoms with E-state index >= 15 is 0 Å². The highest BCUT2D eigenvalue weighted by molar-refractivity contribution is 9.10. The number of halogens is 1. The standard InChI is InChI=1S/C10H14BrNOS/c1-13-5-6-14-7-8-3-2-4-9(12)10(8)11/h2-4H,5-7,12H2,1H3. The molecule has 0 saturated heterocycles. The largest absolute Gasteiger partial charge is 0.398 e. The molecule has 0 aliphatic heterocycles. The van der Waals surface area contributed by atoms with Crippen molar-refractivity contribution < 1.29 is 4.74 Å². The average Bonchev–Trinajstić information content (AvgIpc) is 2.19. The summed E-state index contributed by atoms with van der Waals surface area (Å²) in [5.41, 5.74) is 7.81. The van der Waals surface area contributed by atoms with Crippen LogP contribution in [0.4, 0.5) is 5.69 Å². The summed E-state index contributed by atoms with van der Waals surface area (Å²) in [6.45, 7) is 0.796. The Labute approximate surface area is 97.3 Å². The van der Waals surface area contributed by atoms with Gasteiger partial charge in [0.25, 0.3) is 0 Å². The first kappa shape index (κ1) is 11.9. The predicted molar refractivity (Wildman–Crippen MR) is 66.6 cm³/mol. The fourth-order valence-electron chi connectivity index (χ4n) is 1.04. The summed E-state index contributed by atoms with van der Waals surface area (Å²) in [6, 6.07) is 5.96. The van der Waals surface area contributed by atoms with Gasteiger partial charge in [0.15, 0.2) is 0 Å². The van der Waals surface area contributed by atoms with Crippen molar-refractivity contribution in [2.75, 3.05) is 25.2 Å². The Bertz CT molecular complexity index is 293. The van der Waals surface area contributed by atoms with Gasteiger partial charge in [-0.3, -0.25) is 0 Å². The normalized spacial score (nSPS) is 10.4. The molecule has 0 fully saturated rings. The summed E-state index contributed by atoms with van der Waals surface area (Å²) in [5.74, 6) is 1.98. The van der Waals surface area contributed by atoms with Gasteiger partial charge in [-0.15, -0.1) is 0 Å². The summed E-state index contributed by atoms with van der Waals surface area (Å²) in [4.78, 5) is 0. The fraction of sp³-hybridized carbons (Fsp3) is 0.400. The number of nitrogens with two attached hydrogens (primary N) is 1. The Balaban J connectivity index is 2.46. The molecule has 1 rings (SSSR count). The van der Waals surface area contributed by atoms with Crippen molar-refractivity contribution in [1.29, 1.82) is 0 Å². The molecule has 0 aromatic heterocycles. The molecule has 0 atom stereocenters. The SMILES string of the molecule is COCCSCc1cccc(N)c1Br. The van der Waals surface area contributed by atoms with Gasteiger partial charge < -0.3 is 10.5 Å². The predicted octanol–water partition coefficient (Wildman–Crippen LogP) is 2.91. The smallest absolute Gasteiger partial charge is 0.0553 e. The third-order valence-corrected chi connectivity index (χ3v) is 3.74. The van der Waals surface area contributed by atoms with Gasteiger partial charge in [0.2, 0.25) is 0 Å². The van der Waals surface area contributed by atoms with E-state index in [1.54, 1.807) is 7.11 Å². The molecule has 0 spiro atoms. The third kappa shape index (κ3) is 3.52. The topological polar surface area (TPSA) is 35.2 Å². The highest BCUT2D eigenvalue weighted by atomic mass is 79.9. The molecule has 0 saturated carbocycles. The fourth-order valence-corrected chi connectivity index (χ4v) is 2.51. The zero-order valence-corrected chi connectivity index (χ0v) is 10.5. The molecule has 0 unspecified atom stereocenters. The van der Waals surface area contributed by atoms with E-state index < -0.39 is 0 Å². The van der Waals surface area contributed by atoms with Gasteiger partial charge in [0.05, 0.1) is 6.61 Å². The van der Waals surface area contributed by atoms with Crippen LogP contribution in [0.25, 0.3) is 0 Å². The van der Waals surface area contributed by atoms with Crippen LogP contribution in [0, 0.1) is 0 Å². The van der Waals surface area contributed by atoms with Crippen molar-refractivity contribution in [1.82, 2.24) is 0 Å². The molecular weight excluding hydrogens is 262 g/mol. The Kier molecular flexibility index (Phi) is 5.37. The first-order chi connectivity index (χ1) is 6.75. The summed E-state index contributed by atoms with van der Waals surface area (Å²) < 4.78 is 5.99. The molecule has 0 bridgehead atoms. The molecule has 78 valence electrons. The van der Waals surface area contributed by atoms with Gasteiger partial charge in [0.1, 0.15) is 0 Å². The first-order valence-corrected chi connectivity index (χ1v) is 6.30. The molecule has 1 aromatic carbocycles. The lowest BCUT2D eigenvalue weighted by atomic mass is 10.2. The Morgan fingerprint density at radius 3 is 3.00 bits per heavy atom. The van der Waals surface area contributed by atoms with Crippen LogP contribution in [0.5, 0.6) is 0 Å². The molecule has 2 nitrogen and oxygen atoms in total. The molecule has 0 heterocycles. The van der Waals surface area contributed by atoms with Crippen LogP contribution in [0.15, 0.2) is 22.7 Å². The summed E-state index contributed by atoms with van der Waals surface area (Å²) in [7, 11) is 1.72. The number of thioether (sulfide) groups is 1. The maximum absolute atomic E-state index is 5.77. The van der Waals surface area contributed by atoms with Crippen molar-refractivity contribution in [3.8, 4) is 0 Å². The average molecular weight is 276 g/mol. The molecular formula is C10H14BrNOS. The number of methoxy groups -OCH3 is 1. The van der Waals surface area contributed by atoms with Gasteiger partial charge in [0, 0.05) is 28.8 Å². The van der Waals surface area contributed by atoms with Crippen LogP contribution >= 0.6 is 27.7 Å². The number of hydrogen-bond acceptors (Lipinski definition) is 3. The lowest BCUT2D eigenvalue weighted by Crippen LogP contribution is -1.94. The Morgan fingerprint density at radius 2 is 2.29 bits per heavy atom. The summed E-state index contributed by atoms with van der Waals surface area (Å²) in [5, 5.41) is 0.